The molecule has 3 saturated carbocycles. The molecule has 0 radical (unpaired) electrons. The first kappa shape index (κ1) is 20.5. The molecule has 0 heterocycles. The minimum atomic E-state index is -0.298. The average molecular weight is 401 g/mol. The third-order valence-corrected chi connectivity index (χ3v) is 7.84. The fourth-order valence-corrected chi connectivity index (χ4v) is 6.74. The molecule has 3 aliphatic carbocycles. The Morgan fingerprint density at radius 3 is 2.69 bits per heavy atom. The van der Waals surface area contributed by atoms with E-state index >= 15 is 0 Å². The number of hydrogen-bond donors (Lipinski definition) is 1. The highest BCUT2D eigenvalue weighted by Gasteiger charge is 2.68. The van der Waals surface area contributed by atoms with Gasteiger partial charge in [0.05, 0.1) is 19.8 Å². The number of ether oxygens (including phenoxy) is 2. The zero-order chi connectivity index (χ0) is 20.6. The zero-order valence-electron chi connectivity index (χ0n) is 17.4. The van der Waals surface area contributed by atoms with Crippen LogP contribution in [0.3, 0.4) is 0 Å². The van der Waals surface area contributed by atoms with E-state index < -0.39 is 0 Å². The van der Waals surface area contributed by atoms with Gasteiger partial charge in [-0.3, -0.25) is 9.59 Å². The Kier molecular flexibility index (Phi) is 5.80. The summed E-state index contributed by atoms with van der Waals surface area (Å²) >= 11 is 0. The van der Waals surface area contributed by atoms with Crippen molar-refractivity contribution in [1.82, 2.24) is 0 Å². The molecule has 158 valence electrons. The lowest BCUT2D eigenvalue weighted by Gasteiger charge is -2.48. The first-order valence-electron chi connectivity index (χ1n) is 10.9. The Bertz CT molecular complexity index is 747. The van der Waals surface area contributed by atoms with Crippen LogP contribution >= 0.6 is 0 Å². The smallest absolute Gasteiger partial charge is 0.305 e. The summed E-state index contributed by atoms with van der Waals surface area (Å²) in [5, 5.41) is 10.1. The summed E-state index contributed by atoms with van der Waals surface area (Å²) in [6, 6.07) is 10.1. The van der Waals surface area contributed by atoms with Crippen LogP contribution in [0.5, 0.6) is 0 Å². The van der Waals surface area contributed by atoms with Gasteiger partial charge in [-0.25, -0.2) is 0 Å². The molecule has 4 rings (SSSR count). The summed E-state index contributed by atoms with van der Waals surface area (Å²) in [5.74, 6) is 0.321. The molecule has 5 heteroatoms. The highest BCUT2D eigenvalue weighted by molar-refractivity contribution is 5.86. The van der Waals surface area contributed by atoms with Crippen molar-refractivity contribution in [2.45, 2.75) is 51.7 Å². The Balaban J connectivity index is 1.65. The topological polar surface area (TPSA) is 72.8 Å². The lowest BCUT2D eigenvalue weighted by atomic mass is 9.60. The van der Waals surface area contributed by atoms with E-state index in [1.165, 1.54) is 7.11 Å². The van der Waals surface area contributed by atoms with Gasteiger partial charge in [0.1, 0.15) is 5.78 Å². The number of aliphatic hydroxyl groups is 1. The Hall–Kier alpha value is -1.72. The van der Waals surface area contributed by atoms with Crippen molar-refractivity contribution in [2.75, 3.05) is 13.7 Å². The number of Topliss-reactive ketones (excluding diaryl/α,β-unsaturated/α-hetero) is 1. The molecule has 29 heavy (non-hydrogen) atoms. The van der Waals surface area contributed by atoms with Gasteiger partial charge in [0, 0.05) is 30.8 Å². The first-order chi connectivity index (χ1) is 14.0. The van der Waals surface area contributed by atoms with E-state index in [2.05, 4.69) is 19.1 Å². The second-order valence-corrected chi connectivity index (χ2v) is 9.41. The maximum Gasteiger partial charge on any atom is 0.305 e. The quantitative estimate of drug-likeness (QED) is 0.741. The zero-order valence-corrected chi connectivity index (χ0v) is 17.4. The third-order valence-electron chi connectivity index (χ3n) is 7.84. The molecule has 1 aromatic carbocycles. The van der Waals surface area contributed by atoms with E-state index in [9.17, 15) is 14.7 Å². The van der Waals surface area contributed by atoms with Crippen LogP contribution in [0.25, 0.3) is 0 Å². The lowest BCUT2D eigenvalue weighted by molar-refractivity contribution is -0.145. The Labute approximate surface area is 172 Å². The number of esters is 1. The van der Waals surface area contributed by atoms with E-state index in [1.54, 1.807) is 0 Å². The number of aliphatic hydroxyl groups excluding tert-OH is 1. The number of benzene rings is 1. The molecule has 1 spiro atoms. The molecule has 3 aliphatic rings. The van der Waals surface area contributed by atoms with Gasteiger partial charge in [0.25, 0.3) is 0 Å². The number of methoxy groups -OCH3 is 1. The minimum absolute atomic E-state index is 0.000863. The summed E-state index contributed by atoms with van der Waals surface area (Å²) in [7, 11) is 1.38. The molecule has 0 aromatic heterocycles. The van der Waals surface area contributed by atoms with Crippen LogP contribution in [0.2, 0.25) is 0 Å². The molecule has 5 nitrogen and oxygen atoms in total. The third kappa shape index (κ3) is 3.53. The summed E-state index contributed by atoms with van der Waals surface area (Å²) in [5.41, 5.74) is 0.868. The van der Waals surface area contributed by atoms with Crippen molar-refractivity contribution in [3.8, 4) is 0 Å². The maximum absolute atomic E-state index is 13.2. The highest BCUT2D eigenvalue weighted by Crippen LogP contribution is 2.67. The van der Waals surface area contributed by atoms with Crippen molar-refractivity contribution in [2.24, 2.45) is 35.0 Å². The fraction of sp³-hybridized carbons (Fsp3) is 0.667. The summed E-state index contributed by atoms with van der Waals surface area (Å²) in [6.45, 7) is 2.77. The average Bonchev–Trinajstić information content (AvgIpc) is 3.19. The minimum Gasteiger partial charge on any atom is -0.469 e. The molecule has 1 aromatic rings. The van der Waals surface area contributed by atoms with Gasteiger partial charge in [-0.1, -0.05) is 37.3 Å². The number of carbonyl (C=O) groups is 2. The van der Waals surface area contributed by atoms with Gasteiger partial charge in [-0.05, 0) is 48.5 Å². The fourth-order valence-electron chi connectivity index (χ4n) is 6.74. The molecular formula is C24H32O5. The van der Waals surface area contributed by atoms with Crippen molar-refractivity contribution in [3.63, 3.8) is 0 Å². The standard InChI is InChI=1S/C24H32O5/c1-15-8-18-10-20(26)23-19(11-22(27)28-2)17(13-25)12-24(18,23)21(9-15)29-14-16-6-4-3-5-7-16/h3-7,15,17-19,21,23,25H,8-14H2,1-2H3/t15-,17+,18+,19+,21+,23+,24-/m1/s1. The van der Waals surface area contributed by atoms with E-state index in [4.69, 9.17) is 9.47 Å². The predicted molar refractivity (Wildman–Crippen MR) is 108 cm³/mol. The van der Waals surface area contributed by atoms with Crippen LogP contribution in [0.4, 0.5) is 0 Å². The maximum atomic E-state index is 13.2. The second-order valence-electron chi connectivity index (χ2n) is 9.41. The van der Waals surface area contributed by atoms with Gasteiger partial charge >= 0.3 is 5.97 Å². The van der Waals surface area contributed by atoms with Gasteiger partial charge in [0.2, 0.25) is 0 Å². The predicted octanol–water partition coefficient (Wildman–Crippen LogP) is 3.38. The van der Waals surface area contributed by atoms with Gasteiger partial charge in [-0.15, -0.1) is 0 Å². The molecule has 0 aliphatic heterocycles. The first-order valence-corrected chi connectivity index (χ1v) is 10.9. The monoisotopic (exact) mass is 400 g/mol. The Morgan fingerprint density at radius 2 is 2.00 bits per heavy atom. The molecule has 1 N–H and O–H groups in total. The molecular weight excluding hydrogens is 368 g/mol. The molecule has 7 atom stereocenters. The van der Waals surface area contributed by atoms with Crippen LogP contribution in [-0.4, -0.2) is 36.7 Å². The van der Waals surface area contributed by atoms with Crippen molar-refractivity contribution in [1.29, 1.82) is 0 Å². The number of rotatable bonds is 6. The van der Waals surface area contributed by atoms with Crippen molar-refractivity contribution in [3.05, 3.63) is 35.9 Å². The van der Waals surface area contributed by atoms with Crippen LogP contribution in [-0.2, 0) is 25.7 Å². The second kappa shape index (κ2) is 8.19. The van der Waals surface area contributed by atoms with E-state index in [1.807, 2.05) is 18.2 Å². The number of ketones is 1. The largest absolute Gasteiger partial charge is 0.469 e. The van der Waals surface area contributed by atoms with E-state index in [0.29, 0.717) is 18.9 Å². The summed E-state index contributed by atoms with van der Waals surface area (Å²) in [4.78, 5) is 25.3. The number of carbonyl (C=O) groups excluding carboxylic acids is 2. The van der Waals surface area contributed by atoms with Crippen molar-refractivity contribution >= 4 is 11.8 Å². The van der Waals surface area contributed by atoms with Crippen LogP contribution in [0.15, 0.2) is 30.3 Å². The lowest BCUT2D eigenvalue weighted by Crippen LogP contribution is -2.48. The van der Waals surface area contributed by atoms with E-state index in [0.717, 1.165) is 24.8 Å². The molecule has 0 bridgehead atoms. The van der Waals surface area contributed by atoms with Gasteiger partial charge in [0.15, 0.2) is 0 Å². The molecule has 0 saturated heterocycles. The number of hydrogen-bond acceptors (Lipinski definition) is 5. The normalized spacial score (nSPS) is 38.5. The molecule has 0 amide bonds. The summed E-state index contributed by atoms with van der Waals surface area (Å²) < 4.78 is 11.4. The van der Waals surface area contributed by atoms with Crippen LogP contribution < -0.4 is 0 Å². The summed E-state index contributed by atoms with van der Waals surface area (Å²) in [6.07, 6.45) is 3.47. The van der Waals surface area contributed by atoms with Gasteiger partial charge < -0.3 is 14.6 Å². The molecule has 0 unspecified atom stereocenters. The van der Waals surface area contributed by atoms with Crippen LogP contribution in [0, 0.1) is 35.0 Å². The molecule has 3 fully saturated rings. The van der Waals surface area contributed by atoms with E-state index in [-0.39, 0.29) is 60.0 Å². The Morgan fingerprint density at radius 1 is 1.24 bits per heavy atom. The SMILES string of the molecule is COC(=O)C[C@H]1[C@H](CO)C[C@]23[C@H](CC(=O)[C@H]12)C[C@@H](C)C[C@@H]3OCc1ccccc1. The van der Waals surface area contributed by atoms with Crippen LogP contribution in [0.1, 0.15) is 44.6 Å². The van der Waals surface area contributed by atoms with Crippen molar-refractivity contribution < 1.29 is 24.2 Å². The highest BCUT2D eigenvalue weighted by atomic mass is 16.5. The van der Waals surface area contributed by atoms with Gasteiger partial charge in [-0.2, -0.15) is 0 Å².